The molecule has 6 heteroatoms. The third kappa shape index (κ3) is 2.36. The topological polar surface area (TPSA) is 56.7 Å². The Morgan fingerprint density at radius 3 is 2.67 bits per heavy atom. The van der Waals surface area contributed by atoms with Crippen LogP contribution in [0.1, 0.15) is 5.56 Å². The summed E-state index contributed by atoms with van der Waals surface area (Å²) in [4.78, 5) is 0. The maximum Gasteiger partial charge on any atom is 0.155 e. The summed E-state index contributed by atoms with van der Waals surface area (Å²) in [7, 11) is 0. The SMILES string of the molecule is Cc1cc(-c2nnn(-c3ccccc3Cl)c2N)ccc1F. The van der Waals surface area contributed by atoms with Gasteiger partial charge in [0.1, 0.15) is 11.5 Å². The summed E-state index contributed by atoms with van der Waals surface area (Å²) in [5.74, 6) is 0.0879. The Morgan fingerprint density at radius 2 is 1.95 bits per heavy atom. The molecule has 0 radical (unpaired) electrons. The number of rotatable bonds is 2. The summed E-state index contributed by atoms with van der Waals surface area (Å²) in [6.07, 6.45) is 0. The molecule has 2 aromatic carbocycles. The quantitative estimate of drug-likeness (QED) is 0.786. The van der Waals surface area contributed by atoms with E-state index in [1.165, 1.54) is 10.7 Å². The number of nitrogen functional groups attached to an aromatic ring is 1. The fourth-order valence-electron chi connectivity index (χ4n) is 2.09. The second kappa shape index (κ2) is 5.18. The second-order valence-electron chi connectivity index (χ2n) is 4.65. The normalized spacial score (nSPS) is 10.8. The highest BCUT2D eigenvalue weighted by atomic mass is 35.5. The number of aromatic nitrogens is 3. The number of nitrogens with zero attached hydrogens (tertiary/aromatic N) is 3. The number of anilines is 1. The zero-order valence-corrected chi connectivity index (χ0v) is 12.0. The average molecular weight is 303 g/mol. The van der Waals surface area contributed by atoms with Crippen LogP contribution >= 0.6 is 11.6 Å². The van der Waals surface area contributed by atoms with E-state index >= 15 is 0 Å². The molecule has 1 heterocycles. The van der Waals surface area contributed by atoms with Crippen LogP contribution in [0.3, 0.4) is 0 Å². The number of aryl methyl sites for hydroxylation is 1. The summed E-state index contributed by atoms with van der Waals surface area (Å²) < 4.78 is 14.8. The van der Waals surface area contributed by atoms with Crippen molar-refractivity contribution < 1.29 is 4.39 Å². The van der Waals surface area contributed by atoms with Crippen molar-refractivity contribution in [2.24, 2.45) is 0 Å². The van der Waals surface area contributed by atoms with E-state index in [1.54, 1.807) is 31.2 Å². The van der Waals surface area contributed by atoms with Crippen LogP contribution in [0, 0.1) is 12.7 Å². The molecule has 2 N–H and O–H groups in total. The molecule has 0 fully saturated rings. The lowest BCUT2D eigenvalue weighted by Crippen LogP contribution is -2.02. The Balaban J connectivity index is 2.11. The molecule has 0 saturated carbocycles. The number of para-hydroxylation sites is 1. The molecule has 0 aliphatic carbocycles. The lowest BCUT2D eigenvalue weighted by Gasteiger charge is -2.06. The highest BCUT2D eigenvalue weighted by molar-refractivity contribution is 6.32. The highest BCUT2D eigenvalue weighted by Crippen LogP contribution is 2.28. The van der Waals surface area contributed by atoms with E-state index in [0.29, 0.717) is 33.3 Å². The summed E-state index contributed by atoms with van der Waals surface area (Å²) in [6.45, 7) is 1.69. The van der Waals surface area contributed by atoms with E-state index in [0.717, 1.165) is 0 Å². The molecule has 0 aliphatic heterocycles. The van der Waals surface area contributed by atoms with E-state index in [2.05, 4.69) is 10.3 Å². The summed E-state index contributed by atoms with van der Waals surface area (Å²) in [6, 6.07) is 11.9. The summed E-state index contributed by atoms with van der Waals surface area (Å²) >= 11 is 6.14. The minimum atomic E-state index is -0.268. The molecule has 106 valence electrons. The van der Waals surface area contributed by atoms with Crippen molar-refractivity contribution in [3.63, 3.8) is 0 Å². The van der Waals surface area contributed by atoms with E-state index in [4.69, 9.17) is 17.3 Å². The van der Waals surface area contributed by atoms with E-state index < -0.39 is 0 Å². The third-order valence-electron chi connectivity index (χ3n) is 3.22. The number of halogens is 2. The van der Waals surface area contributed by atoms with Gasteiger partial charge in [0.25, 0.3) is 0 Å². The van der Waals surface area contributed by atoms with Gasteiger partial charge in [-0.15, -0.1) is 5.10 Å². The minimum absolute atomic E-state index is 0.268. The molecular formula is C15H12ClFN4. The highest BCUT2D eigenvalue weighted by Gasteiger charge is 2.15. The van der Waals surface area contributed by atoms with Crippen LogP contribution in [0.4, 0.5) is 10.2 Å². The molecule has 0 atom stereocenters. The monoisotopic (exact) mass is 302 g/mol. The lowest BCUT2D eigenvalue weighted by atomic mass is 10.1. The summed E-state index contributed by atoms with van der Waals surface area (Å²) in [5, 5.41) is 8.64. The predicted octanol–water partition coefficient (Wildman–Crippen LogP) is 3.62. The van der Waals surface area contributed by atoms with Gasteiger partial charge in [-0.1, -0.05) is 28.9 Å². The molecule has 3 aromatic rings. The molecule has 0 spiro atoms. The minimum Gasteiger partial charge on any atom is -0.382 e. The zero-order chi connectivity index (χ0) is 15.0. The molecule has 3 rings (SSSR count). The number of benzene rings is 2. The van der Waals surface area contributed by atoms with Crippen molar-refractivity contribution in [3.05, 3.63) is 58.9 Å². The fourth-order valence-corrected chi connectivity index (χ4v) is 2.30. The van der Waals surface area contributed by atoms with Crippen LogP contribution < -0.4 is 5.73 Å². The molecule has 0 bridgehead atoms. The van der Waals surface area contributed by atoms with Crippen LogP contribution in [0.5, 0.6) is 0 Å². The van der Waals surface area contributed by atoms with Crippen molar-refractivity contribution >= 4 is 17.4 Å². The standard InChI is InChI=1S/C15H12ClFN4/c1-9-8-10(6-7-12(9)17)14-15(18)21(20-19-14)13-5-3-2-4-11(13)16/h2-8H,18H2,1H3. The largest absolute Gasteiger partial charge is 0.382 e. The van der Waals surface area contributed by atoms with Crippen molar-refractivity contribution in [1.29, 1.82) is 0 Å². The predicted molar refractivity (Wildman–Crippen MR) is 80.9 cm³/mol. The third-order valence-corrected chi connectivity index (χ3v) is 3.54. The Morgan fingerprint density at radius 1 is 1.19 bits per heavy atom. The van der Waals surface area contributed by atoms with E-state index in [9.17, 15) is 4.39 Å². The van der Waals surface area contributed by atoms with Gasteiger partial charge in [-0.05, 0) is 42.8 Å². The van der Waals surface area contributed by atoms with Crippen LogP contribution in [0.2, 0.25) is 5.02 Å². The molecule has 1 aromatic heterocycles. The Bertz CT molecular complexity index is 813. The van der Waals surface area contributed by atoms with Gasteiger partial charge in [-0.25, -0.2) is 4.39 Å². The molecule has 0 unspecified atom stereocenters. The fraction of sp³-hybridized carbons (Fsp3) is 0.0667. The van der Waals surface area contributed by atoms with Crippen LogP contribution in [0.15, 0.2) is 42.5 Å². The van der Waals surface area contributed by atoms with E-state index in [1.807, 2.05) is 12.1 Å². The number of hydrogen-bond acceptors (Lipinski definition) is 3. The second-order valence-corrected chi connectivity index (χ2v) is 5.06. The Labute approximate surface area is 126 Å². The first-order valence-electron chi connectivity index (χ1n) is 6.30. The first-order chi connectivity index (χ1) is 10.1. The first-order valence-corrected chi connectivity index (χ1v) is 6.68. The van der Waals surface area contributed by atoms with Crippen molar-refractivity contribution in [2.45, 2.75) is 6.92 Å². The zero-order valence-electron chi connectivity index (χ0n) is 11.2. The lowest BCUT2D eigenvalue weighted by molar-refractivity contribution is 0.619. The van der Waals surface area contributed by atoms with Crippen molar-refractivity contribution in [1.82, 2.24) is 15.0 Å². The van der Waals surface area contributed by atoms with Gasteiger partial charge in [0, 0.05) is 5.56 Å². The van der Waals surface area contributed by atoms with Crippen LogP contribution in [-0.4, -0.2) is 15.0 Å². The van der Waals surface area contributed by atoms with Crippen molar-refractivity contribution in [2.75, 3.05) is 5.73 Å². The maximum atomic E-state index is 13.3. The van der Waals surface area contributed by atoms with Gasteiger partial charge in [0.05, 0.1) is 10.7 Å². The van der Waals surface area contributed by atoms with Crippen LogP contribution in [-0.2, 0) is 0 Å². The van der Waals surface area contributed by atoms with Gasteiger partial charge in [-0.3, -0.25) is 0 Å². The van der Waals surface area contributed by atoms with Crippen molar-refractivity contribution in [3.8, 4) is 16.9 Å². The smallest absolute Gasteiger partial charge is 0.155 e. The van der Waals surface area contributed by atoms with Gasteiger partial charge < -0.3 is 5.73 Å². The molecule has 0 saturated heterocycles. The molecule has 0 amide bonds. The number of nitrogens with two attached hydrogens (primary N) is 1. The van der Waals surface area contributed by atoms with Gasteiger partial charge >= 0.3 is 0 Å². The van der Waals surface area contributed by atoms with E-state index in [-0.39, 0.29) is 5.82 Å². The summed E-state index contributed by atoms with van der Waals surface area (Å²) in [5.41, 5.74) is 8.50. The number of hydrogen-bond donors (Lipinski definition) is 1. The molecule has 0 aliphatic rings. The van der Waals surface area contributed by atoms with Gasteiger partial charge in [0.2, 0.25) is 0 Å². The molecule has 21 heavy (non-hydrogen) atoms. The molecule has 4 nitrogen and oxygen atoms in total. The average Bonchev–Trinajstić information content (AvgIpc) is 2.84. The maximum absolute atomic E-state index is 13.3. The molecular weight excluding hydrogens is 291 g/mol. The Kier molecular flexibility index (Phi) is 3.35. The van der Waals surface area contributed by atoms with Crippen LogP contribution in [0.25, 0.3) is 16.9 Å². The van der Waals surface area contributed by atoms with Gasteiger partial charge in [-0.2, -0.15) is 4.68 Å². The first kappa shape index (κ1) is 13.6. The Hall–Kier alpha value is -2.40. The van der Waals surface area contributed by atoms with Gasteiger partial charge in [0.15, 0.2) is 5.82 Å².